The molecular weight excluding hydrogens is 322 g/mol. The molecule has 0 fully saturated rings. The number of nitrogens with zero attached hydrogens (tertiary/aromatic N) is 2. The van der Waals surface area contributed by atoms with Gasteiger partial charge in [-0.3, -0.25) is 4.79 Å². The zero-order chi connectivity index (χ0) is 17.1. The Morgan fingerprint density at radius 3 is 2.54 bits per heavy atom. The molecule has 1 N–H and O–H groups in total. The van der Waals surface area contributed by atoms with Crippen molar-refractivity contribution in [2.24, 2.45) is 0 Å². The Balaban J connectivity index is 1.58. The van der Waals surface area contributed by atoms with E-state index in [2.05, 4.69) is 15.5 Å². The first-order chi connectivity index (χ1) is 11.5. The van der Waals surface area contributed by atoms with Crippen LogP contribution >= 0.6 is 11.3 Å². The van der Waals surface area contributed by atoms with Gasteiger partial charge in [-0.15, -0.1) is 11.3 Å². The third kappa shape index (κ3) is 3.71. The normalized spacial score (nSPS) is 10.8. The van der Waals surface area contributed by atoms with E-state index in [-0.39, 0.29) is 5.91 Å². The van der Waals surface area contributed by atoms with Gasteiger partial charge in [0, 0.05) is 23.1 Å². The second kappa shape index (κ2) is 6.97. The monoisotopic (exact) mass is 341 g/mol. The van der Waals surface area contributed by atoms with Gasteiger partial charge in [0.2, 0.25) is 5.91 Å². The van der Waals surface area contributed by atoms with E-state index in [0.29, 0.717) is 13.0 Å². The molecule has 2 aromatic heterocycles. The minimum absolute atomic E-state index is 0.0211. The molecule has 0 unspecified atom stereocenters. The molecule has 0 spiro atoms. The molecule has 6 heteroatoms. The summed E-state index contributed by atoms with van der Waals surface area (Å²) in [5, 5.41) is 9.89. The molecule has 1 amide bonds. The summed E-state index contributed by atoms with van der Waals surface area (Å²) >= 11 is 1.63. The maximum absolute atomic E-state index is 12.1. The Labute approximate surface area is 144 Å². The zero-order valence-corrected chi connectivity index (χ0v) is 14.7. The van der Waals surface area contributed by atoms with E-state index in [0.717, 1.165) is 38.8 Å². The van der Waals surface area contributed by atoms with Gasteiger partial charge in [-0.05, 0) is 26.3 Å². The first-order valence-corrected chi connectivity index (χ1v) is 8.61. The number of hydrogen-bond acceptors (Lipinski definition) is 5. The smallest absolute Gasteiger partial charge is 0.224 e. The highest BCUT2D eigenvalue weighted by Gasteiger charge is 2.11. The number of carbonyl (C=O) groups excluding carboxylic acids is 1. The Bertz CT molecular complexity index is 830. The Morgan fingerprint density at radius 1 is 1.21 bits per heavy atom. The van der Waals surface area contributed by atoms with Crippen LogP contribution in [0.5, 0.6) is 0 Å². The highest BCUT2D eigenvalue weighted by molar-refractivity contribution is 7.09. The van der Waals surface area contributed by atoms with Crippen LogP contribution < -0.4 is 5.32 Å². The lowest BCUT2D eigenvalue weighted by molar-refractivity contribution is -0.120. The Morgan fingerprint density at radius 2 is 1.96 bits per heavy atom. The summed E-state index contributed by atoms with van der Waals surface area (Å²) in [6, 6.07) is 7.95. The molecule has 0 radical (unpaired) electrons. The van der Waals surface area contributed by atoms with Gasteiger partial charge in [0.1, 0.15) is 5.76 Å². The van der Waals surface area contributed by atoms with Crippen molar-refractivity contribution in [2.45, 2.75) is 33.7 Å². The van der Waals surface area contributed by atoms with Crippen LogP contribution in [-0.2, 0) is 17.8 Å². The first kappa shape index (κ1) is 16.4. The fourth-order valence-electron chi connectivity index (χ4n) is 2.48. The minimum Gasteiger partial charge on any atom is -0.361 e. The molecule has 0 saturated heterocycles. The number of aromatic nitrogens is 2. The molecule has 3 rings (SSSR count). The molecule has 5 nitrogen and oxygen atoms in total. The van der Waals surface area contributed by atoms with E-state index >= 15 is 0 Å². The SMILES string of the molecule is Cc1nc(-c2ccc(CC(=O)NCc3c(C)noc3C)cc2)cs1. The van der Waals surface area contributed by atoms with Gasteiger partial charge in [-0.25, -0.2) is 4.98 Å². The third-order valence-electron chi connectivity index (χ3n) is 3.88. The number of carbonyl (C=O) groups is 1. The van der Waals surface area contributed by atoms with E-state index in [1.807, 2.05) is 50.4 Å². The molecule has 0 bridgehead atoms. The van der Waals surface area contributed by atoms with Crippen LogP contribution in [-0.4, -0.2) is 16.0 Å². The summed E-state index contributed by atoms with van der Waals surface area (Å²) in [6.45, 7) is 6.15. The van der Waals surface area contributed by atoms with E-state index in [4.69, 9.17) is 4.52 Å². The third-order valence-corrected chi connectivity index (χ3v) is 4.65. The molecule has 0 saturated carbocycles. The maximum atomic E-state index is 12.1. The van der Waals surface area contributed by atoms with Crippen LogP contribution in [0.3, 0.4) is 0 Å². The van der Waals surface area contributed by atoms with Crippen molar-refractivity contribution in [1.29, 1.82) is 0 Å². The van der Waals surface area contributed by atoms with Gasteiger partial charge < -0.3 is 9.84 Å². The molecule has 0 aliphatic carbocycles. The summed E-state index contributed by atoms with van der Waals surface area (Å²) in [4.78, 5) is 16.6. The topological polar surface area (TPSA) is 68.0 Å². The van der Waals surface area contributed by atoms with Crippen molar-refractivity contribution in [3.63, 3.8) is 0 Å². The largest absolute Gasteiger partial charge is 0.361 e. The van der Waals surface area contributed by atoms with Crippen molar-refractivity contribution in [2.75, 3.05) is 0 Å². The number of aryl methyl sites for hydroxylation is 3. The van der Waals surface area contributed by atoms with E-state index < -0.39 is 0 Å². The van der Waals surface area contributed by atoms with Gasteiger partial charge in [0.25, 0.3) is 0 Å². The predicted molar refractivity (Wildman–Crippen MR) is 93.8 cm³/mol. The second-order valence-corrected chi connectivity index (χ2v) is 6.77. The quantitative estimate of drug-likeness (QED) is 0.770. The van der Waals surface area contributed by atoms with E-state index in [1.165, 1.54) is 0 Å². The molecule has 0 aliphatic heterocycles. The van der Waals surface area contributed by atoms with Crippen LogP contribution in [0.2, 0.25) is 0 Å². The summed E-state index contributed by atoms with van der Waals surface area (Å²) in [5.74, 6) is 0.725. The van der Waals surface area contributed by atoms with Crippen molar-refractivity contribution in [3.05, 3.63) is 57.2 Å². The zero-order valence-electron chi connectivity index (χ0n) is 13.9. The first-order valence-electron chi connectivity index (χ1n) is 7.73. The average molecular weight is 341 g/mol. The van der Waals surface area contributed by atoms with Gasteiger partial charge in [0.05, 0.1) is 22.8 Å². The highest BCUT2D eigenvalue weighted by Crippen LogP contribution is 2.22. The van der Waals surface area contributed by atoms with Crippen LogP contribution in [0.1, 0.15) is 27.6 Å². The second-order valence-electron chi connectivity index (χ2n) is 5.70. The van der Waals surface area contributed by atoms with Crippen LogP contribution in [0.25, 0.3) is 11.3 Å². The molecule has 3 aromatic rings. The van der Waals surface area contributed by atoms with Crippen LogP contribution in [0.4, 0.5) is 0 Å². The number of rotatable bonds is 5. The van der Waals surface area contributed by atoms with Crippen molar-refractivity contribution >= 4 is 17.2 Å². The lowest BCUT2D eigenvalue weighted by Gasteiger charge is -2.06. The fraction of sp³-hybridized carbons (Fsp3) is 0.278. The predicted octanol–water partition coefficient (Wildman–Crippen LogP) is 3.58. The molecule has 0 aliphatic rings. The molecule has 24 heavy (non-hydrogen) atoms. The van der Waals surface area contributed by atoms with Crippen molar-refractivity contribution < 1.29 is 9.32 Å². The Hall–Kier alpha value is -2.47. The highest BCUT2D eigenvalue weighted by atomic mass is 32.1. The van der Waals surface area contributed by atoms with Gasteiger partial charge >= 0.3 is 0 Å². The van der Waals surface area contributed by atoms with Crippen molar-refractivity contribution in [3.8, 4) is 11.3 Å². The van der Waals surface area contributed by atoms with E-state index in [1.54, 1.807) is 11.3 Å². The van der Waals surface area contributed by atoms with Gasteiger partial charge in [-0.1, -0.05) is 29.4 Å². The summed E-state index contributed by atoms with van der Waals surface area (Å²) in [5.41, 5.74) is 4.78. The summed E-state index contributed by atoms with van der Waals surface area (Å²) in [7, 11) is 0. The molecule has 0 atom stereocenters. The molecular formula is C18H19N3O2S. The number of hydrogen-bond donors (Lipinski definition) is 1. The molecule has 124 valence electrons. The minimum atomic E-state index is -0.0211. The van der Waals surface area contributed by atoms with Crippen LogP contribution in [0, 0.1) is 20.8 Å². The summed E-state index contributed by atoms with van der Waals surface area (Å²) in [6.07, 6.45) is 0.347. The number of benzene rings is 1. The number of nitrogens with one attached hydrogen (secondary N) is 1. The standard InChI is InChI=1S/C18H19N3O2S/c1-11-16(12(2)23-21-11)9-19-18(22)8-14-4-6-15(7-5-14)17-10-24-13(3)20-17/h4-7,10H,8-9H2,1-3H3,(H,19,22). The lowest BCUT2D eigenvalue weighted by atomic mass is 10.1. The van der Waals surface area contributed by atoms with Crippen LogP contribution in [0.15, 0.2) is 34.2 Å². The lowest BCUT2D eigenvalue weighted by Crippen LogP contribution is -2.25. The summed E-state index contributed by atoms with van der Waals surface area (Å²) < 4.78 is 5.10. The Kier molecular flexibility index (Phi) is 4.76. The van der Waals surface area contributed by atoms with E-state index in [9.17, 15) is 4.79 Å². The number of amides is 1. The average Bonchev–Trinajstić information content (AvgIpc) is 3.13. The maximum Gasteiger partial charge on any atom is 0.224 e. The molecule has 1 aromatic carbocycles. The molecule has 2 heterocycles. The van der Waals surface area contributed by atoms with Gasteiger partial charge in [0.15, 0.2) is 0 Å². The number of thiazole rings is 1. The van der Waals surface area contributed by atoms with Gasteiger partial charge in [-0.2, -0.15) is 0 Å². The fourth-order valence-corrected chi connectivity index (χ4v) is 3.10. The van der Waals surface area contributed by atoms with Crippen molar-refractivity contribution in [1.82, 2.24) is 15.5 Å².